The number of alkyl halides is 1. The molecule has 0 aromatic heterocycles. The van der Waals surface area contributed by atoms with Gasteiger partial charge in [-0.3, -0.25) is 14.5 Å². The van der Waals surface area contributed by atoms with Crippen LogP contribution in [0.3, 0.4) is 0 Å². The quantitative estimate of drug-likeness (QED) is 0.578. The minimum atomic E-state index is -0.165. The number of imide groups is 1. The van der Waals surface area contributed by atoms with Crippen molar-refractivity contribution >= 4 is 38.8 Å². The maximum Gasteiger partial charge on any atom is 0.289 e. The molecule has 1 heterocycles. The molecular formula is C10H16BrNO2S. The first-order chi connectivity index (χ1) is 7.07. The molecule has 0 radical (unpaired) electrons. The first-order valence-electron chi connectivity index (χ1n) is 5.16. The molecule has 1 saturated heterocycles. The minimum Gasteiger partial charge on any atom is -0.273 e. The second kappa shape index (κ2) is 5.89. The zero-order valence-electron chi connectivity index (χ0n) is 9.03. The van der Waals surface area contributed by atoms with Crippen LogP contribution in [0.5, 0.6) is 0 Å². The summed E-state index contributed by atoms with van der Waals surface area (Å²) in [7, 11) is 0. The zero-order chi connectivity index (χ0) is 11.4. The summed E-state index contributed by atoms with van der Waals surface area (Å²) >= 11 is 4.50. The van der Waals surface area contributed by atoms with Crippen molar-refractivity contribution in [3.63, 3.8) is 0 Å². The largest absolute Gasteiger partial charge is 0.289 e. The number of hydrogen-bond acceptors (Lipinski definition) is 3. The molecule has 0 N–H and O–H groups in total. The topological polar surface area (TPSA) is 37.4 Å². The summed E-state index contributed by atoms with van der Waals surface area (Å²) in [6.45, 7) is 4.52. The molecule has 1 rings (SSSR count). The summed E-state index contributed by atoms with van der Waals surface area (Å²) in [5, 5.41) is 0.680. The molecule has 5 heteroatoms. The van der Waals surface area contributed by atoms with Crippen LogP contribution in [-0.2, 0) is 4.79 Å². The summed E-state index contributed by atoms with van der Waals surface area (Å²) in [6.07, 6.45) is 1.88. The lowest BCUT2D eigenvalue weighted by Crippen LogP contribution is -2.34. The number of rotatable bonds is 5. The monoisotopic (exact) mass is 293 g/mol. The van der Waals surface area contributed by atoms with Crippen LogP contribution in [0.2, 0.25) is 0 Å². The van der Waals surface area contributed by atoms with Gasteiger partial charge in [0.25, 0.3) is 5.24 Å². The molecule has 3 nitrogen and oxygen atoms in total. The predicted molar refractivity (Wildman–Crippen MR) is 66.4 cm³/mol. The van der Waals surface area contributed by atoms with Crippen LogP contribution < -0.4 is 0 Å². The fourth-order valence-electron chi connectivity index (χ4n) is 1.45. The predicted octanol–water partition coefficient (Wildman–Crippen LogP) is 2.88. The highest BCUT2D eigenvalue weighted by molar-refractivity contribution is 9.09. The van der Waals surface area contributed by atoms with E-state index in [1.165, 1.54) is 16.7 Å². The van der Waals surface area contributed by atoms with Crippen molar-refractivity contribution in [1.29, 1.82) is 0 Å². The molecule has 86 valence electrons. The molecule has 1 aliphatic rings. The number of halogens is 1. The van der Waals surface area contributed by atoms with Gasteiger partial charge in [0.15, 0.2) is 0 Å². The van der Waals surface area contributed by atoms with Crippen LogP contribution >= 0.6 is 27.7 Å². The number of unbranched alkanes of at least 4 members (excludes halogenated alkanes) is 1. The van der Waals surface area contributed by atoms with Crippen LogP contribution in [0.4, 0.5) is 4.79 Å². The lowest BCUT2D eigenvalue weighted by molar-refractivity contribution is -0.127. The Balaban J connectivity index is 2.51. The highest BCUT2D eigenvalue weighted by Crippen LogP contribution is 2.31. The number of thioether (sulfide) groups is 1. The number of nitrogens with zero attached hydrogens (tertiary/aromatic N) is 1. The van der Waals surface area contributed by atoms with E-state index in [1.807, 2.05) is 13.8 Å². The van der Waals surface area contributed by atoms with E-state index in [1.54, 1.807) is 0 Å². The lowest BCUT2D eigenvalue weighted by atomic mass is 10.1. The molecule has 15 heavy (non-hydrogen) atoms. The highest BCUT2D eigenvalue weighted by Gasteiger charge is 2.40. The molecule has 0 spiro atoms. The van der Waals surface area contributed by atoms with E-state index in [0.29, 0.717) is 6.54 Å². The summed E-state index contributed by atoms with van der Waals surface area (Å²) in [4.78, 5) is 24.8. The Morgan fingerprint density at radius 1 is 1.40 bits per heavy atom. The molecule has 0 saturated carbocycles. The maximum absolute atomic E-state index is 11.8. The van der Waals surface area contributed by atoms with Crippen molar-refractivity contribution < 1.29 is 9.59 Å². The summed E-state index contributed by atoms with van der Waals surface area (Å²) in [5.74, 6) is 0.224. The molecule has 1 unspecified atom stereocenters. The maximum atomic E-state index is 11.8. The summed E-state index contributed by atoms with van der Waals surface area (Å²) < 4.78 is 0. The highest BCUT2D eigenvalue weighted by atomic mass is 79.9. The molecule has 0 bridgehead atoms. The van der Waals surface area contributed by atoms with Crippen LogP contribution in [-0.4, -0.2) is 33.2 Å². The van der Waals surface area contributed by atoms with E-state index in [-0.39, 0.29) is 22.3 Å². The van der Waals surface area contributed by atoms with Crippen LogP contribution in [0, 0.1) is 5.92 Å². The molecule has 1 atom stereocenters. The third-order valence-electron chi connectivity index (χ3n) is 2.33. The van der Waals surface area contributed by atoms with E-state index in [2.05, 4.69) is 15.9 Å². The van der Waals surface area contributed by atoms with E-state index in [4.69, 9.17) is 0 Å². The van der Waals surface area contributed by atoms with Crippen molar-refractivity contribution in [2.24, 2.45) is 5.92 Å². The smallest absolute Gasteiger partial charge is 0.273 e. The zero-order valence-corrected chi connectivity index (χ0v) is 11.4. The normalized spacial score (nSPS) is 21.9. The minimum absolute atomic E-state index is 0.00503. The SMILES string of the molecule is CC(C)C1SC(=O)N(CCCCBr)C1=O. The van der Waals surface area contributed by atoms with Crippen molar-refractivity contribution in [3.8, 4) is 0 Å². The van der Waals surface area contributed by atoms with Gasteiger partial charge in [-0.1, -0.05) is 41.5 Å². The van der Waals surface area contributed by atoms with Gasteiger partial charge in [0.05, 0.1) is 5.25 Å². The second-order valence-corrected chi connectivity index (χ2v) is 5.82. The van der Waals surface area contributed by atoms with Gasteiger partial charge in [0.2, 0.25) is 5.91 Å². The average molecular weight is 294 g/mol. The first kappa shape index (κ1) is 13.0. The number of carbonyl (C=O) groups is 2. The third-order valence-corrected chi connectivity index (χ3v) is 4.31. The molecule has 0 aromatic carbocycles. The lowest BCUT2D eigenvalue weighted by Gasteiger charge is -2.14. The molecular weight excluding hydrogens is 278 g/mol. The fourth-order valence-corrected chi connectivity index (χ4v) is 2.88. The fraction of sp³-hybridized carbons (Fsp3) is 0.800. The van der Waals surface area contributed by atoms with E-state index < -0.39 is 0 Å². The molecule has 1 aliphatic heterocycles. The van der Waals surface area contributed by atoms with Crippen molar-refractivity contribution in [3.05, 3.63) is 0 Å². The van der Waals surface area contributed by atoms with Gasteiger partial charge < -0.3 is 0 Å². The van der Waals surface area contributed by atoms with Gasteiger partial charge in [0.1, 0.15) is 0 Å². The van der Waals surface area contributed by atoms with Gasteiger partial charge in [-0.25, -0.2) is 0 Å². The van der Waals surface area contributed by atoms with E-state index in [9.17, 15) is 9.59 Å². The Bertz CT molecular complexity index is 258. The molecule has 0 aromatic rings. The Morgan fingerprint density at radius 3 is 2.53 bits per heavy atom. The standard InChI is InChI=1S/C10H16BrNO2S/c1-7(2)8-9(13)12(10(14)15-8)6-4-3-5-11/h7-8H,3-6H2,1-2H3. The van der Waals surface area contributed by atoms with Gasteiger partial charge in [0, 0.05) is 11.9 Å². The van der Waals surface area contributed by atoms with Crippen LogP contribution in [0.25, 0.3) is 0 Å². The molecule has 2 amide bonds. The average Bonchev–Trinajstić information content (AvgIpc) is 2.45. The number of amides is 2. The second-order valence-electron chi connectivity index (χ2n) is 3.93. The van der Waals surface area contributed by atoms with Crippen LogP contribution in [0.1, 0.15) is 26.7 Å². The van der Waals surface area contributed by atoms with Crippen molar-refractivity contribution in [2.45, 2.75) is 31.9 Å². The number of hydrogen-bond donors (Lipinski definition) is 0. The summed E-state index contributed by atoms with van der Waals surface area (Å²) in [5.41, 5.74) is 0. The van der Waals surface area contributed by atoms with Gasteiger partial charge >= 0.3 is 0 Å². The first-order valence-corrected chi connectivity index (χ1v) is 7.16. The Hall–Kier alpha value is -0.0300. The third kappa shape index (κ3) is 3.21. The van der Waals surface area contributed by atoms with Gasteiger partial charge in [-0.2, -0.15) is 0 Å². The molecule has 1 fully saturated rings. The van der Waals surface area contributed by atoms with E-state index in [0.717, 1.165) is 18.2 Å². The Labute approximate surface area is 103 Å². The van der Waals surface area contributed by atoms with Gasteiger partial charge in [-0.15, -0.1) is 0 Å². The van der Waals surface area contributed by atoms with Crippen molar-refractivity contribution in [1.82, 2.24) is 4.90 Å². The van der Waals surface area contributed by atoms with Gasteiger partial charge in [-0.05, 0) is 18.8 Å². The molecule has 0 aliphatic carbocycles. The van der Waals surface area contributed by atoms with E-state index >= 15 is 0 Å². The van der Waals surface area contributed by atoms with Crippen LogP contribution in [0.15, 0.2) is 0 Å². The van der Waals surface area contributed by atoms with Crippen molar-refractivity contribution in [2.75, 3.05) is 11.9 Å². The number of carbonyl (C=O) groups excluding carboxylic acids is 2. The Morgan fingerprint density at radius 2 is 2.07 bits per heavy atom. The Kier molecular flexibility index (Phi) is 5.12. The summed E-state index contributed by atoms with van der Waals surface area (Å²) in [6, 6.07) is 0.